The van der Waals surface area contributed by atoms with Gasteiger partial charge in [0.2, 0.25) is 5.91 Å². The number of amides is 1. The Kier molecular flexibility index (Phi) is 6.21. The van der Waals surface area contributed by atoms with Crippen molar-refractivity contribution in [1.82, 2.24) is 10.6 Å². The van der Waals surface area contributed by atoms with Crippen LogP contribution in [0.4, 0.5) is 0 Å². The summed E-state index contributed by atoms with van der Waals surface area (Å²) in [5, 5.41) is 6.38. The SMILES string of the molecule is CCC(C)(C)NC(=O)C(C)NCC(C)c1ccccc1. The maximum Gasteiger partial charge on any atom is 0.237 e. The van der Waals surface area contributed by atoms with Crippen molar-refractivity contribution in [3.63, 3.8) is 0 Å². The van der Waals surface area contributed by atoms with Crippen molar-refractivity contribution in [1.29, 1.82) is 0 Å². The molecule has 0 heterocycles. The highest BCUT2D eigenvalue weighted by Gasteiger charge is 2.21. The molecule has 0 radical (unpaired) electrons. The molecule has 0 fully saturated rings. The van der Waals surface area contributed by atoms with Crippen LogP contribution in [0.25, 0.3) is 0 Å². The van der Waals surface area contributed by atoms with Gasteiger partial charge < -0.3 is 10.6 Å². The lowest BCUT2D eigenvalue weighted by atomic mass is 10.0. The maximum atomic E-state index is 12.1. The van der Waals surface area contributed by atoms with Crippen LogP contribution in [0.1, 0.15) is 52.5 Å². The molecule has 2 unspecified atom stereocenters. The molecule has 1 rings (SSSR count). The first kappa shape index (κ1) is 16.7. The molecule has 1 aromatic rings. The topological polar surface area (TPSA) is 41.1 Å². The molecule has 2 atom stereocenters. The van der Waals surface area contributed by atoms with Crippen LogP contribution in [0.15, 0.2) is 30.3 Å². The van der Waals surface area contributed by atoms with E-state index in [9.17, 15) is 4.79 Å². The lowest BCUT2D eigenvalue weighted by molar-refractivity contribution is -0.124. The monoisotopic (exact) mass is 276 g/mol. The number of benzene rings is 1. The van der Waals surface area contributed by atoms with Crippen molar-refractivity contribution in [2.24, 2.45) is 0 Å². The largest absolute Gasteiger partial charge is 0.350 e. The molecule has 3 nitrogen and oxygen atoms in total. The van der Waals surface area contributed by atoms with Gasteiger partial charge in [-0.15, -0.1) is 0 Å². The molecule has 0 saturated heterocycles. The van der Waals surface area contributed by atoms with E-state index in [-0.39, 0.29) is 17.5 Å². The molecule has 3 heteroatoms. The van der Waals surface area contributed by atoms with E-state index < -0.39 is 0 Å². The van der Waals surface area contributed by atoms with Gasteiger partial charge in [-0.2, -0.15) is 0 Å². The fraction of sp³-hybridized carbons (Fsp3) is 0.588. The van der Waals surface area contributed by atoms with Gasteiger partial charge in [-0.3, -0.25) is 4.79 Å². The van der Waals surface area contributed by atoms with Gasteiger partial charge in [0.25, 0.3) is 0 Å². The minimum absolute atomic E-state index is 0.0668. The fourth-order valence-corrected chi connectivity index (χ4v) is 1.88. The molecule has 0 bridgehead atoms. The van der Waals surface area contributed by atoms with Crippen molar-refractivity contribution >= 4 is 5.91 Å². The Morgan fingerprint density at radius 1 is 1.20 bits per heavy atom. The molecule has 0 aliphatic carbocycles. The van der Waals surface area contributed by atoms with Crippen LogP contribution >= 0.6 is 0 Å². The molecular formula is C17H28N2O. The molecule has 1 aromatic carbocycles. The van der Waals surface area contributed by atoms with E-state index in [4.69, 9.17) is 0 Å². The quantitative estimate of drug-likeness (QED) is 0.803. The third kappa shape index (κ3) is 5.33. The summed E-state index contributed by atoms with van der Waals surface area (Å²) in [6.07, 6.45) is 0.922. The van der Waals surface area contributed by atoms with Crippen LogP contribution in [0.2, 0.25) is 0 Å². The number of nitrogens with one attached hydrogen (secondary N) is 2. The summed E-state index contributed by atoms with van der Waals surface area (Å²) in [7, 11) is 0. The molecule has 1 amide bonds. The molecule has 112 valence electrons. The number of carbonyl (C=O) groups excluding carboxylic acids is 1. The van der Waals surface area contributed by atoms with Crippen molar-refractivity contribution in [2.75, 3.05) is 6.54 Å². The lowest BCUT2D eigenvalue weighted by Gasteiger charge is -2.27. The first-order valence-electron chi connectivity index (χ1n) is 7.46. The summed E-state index contributed by atoms with van der Waals surface area (Å²) in [5.74, 6) is 0.461. The van der Waals surface area contributed by atoms with E-state index in [0.29, 0.717) is 5.92 Å². The Hall–Kier alpha value is -1.35. The highest BCUT2D eigenvalue weighted by molar-refractivity contribution is 5.81. The van der Waals surface area contributed by atoms with Crippen LogP contribution in [-0.2, 0) is 4.79 Å². The summed E-state index contributed by atoms with van der Waals surface area (Å²) >= 11 is 0. The number of rotatable bonds is 7. The van der Waals surface area contributed by atoms with Crippen LogP contribution in [-0.4, -0.2) is 24.0 Å². The molecule has 0 aliphatic rings. The Labute approximate surface area is 123 Å². The predicted molar refractivity (Wildman–Crippen MR) is 84.8 cm³/mol. The van der Waals surface area contributed by atoms with E-state index in [1.54, 1.807) is 0 Å². The Bertz CT molecular complexity index is 414. The number of hydrogen-bond donors (Lipinski definition) is 2. The van der Waals surface area contributed by atoms with Gasteiger partial charge in [0.1, 0.15) is 0 Å². The molecule has 0 saturated carbocycles. The van der Waals surface area contributed by atoms with Gasteiger partial charge in [-0.05, 0) is 38.7 Å². The standard InChI is InChI=1S/C17H28N2O/c1-6-17(4,5)19-16(20)14(3)18-12-13(2)15-10-8-7-9-11-15/h7-11,13-14,18H,6,12H2,1-5H3,(H,19,20). The normalized spacial score (nSPS) is 14.7. The minimum Gasteiger partial charge on any atom is -0.350 e. The zero-order valence-electron chi connectivity index (χ0n) is 13.4. The van der Waals surface area contributed by atoms with Gasteiger partial charge >= 0.3 is 0 Å². The second kappa shape index (κ2) is 7.44. The van der Waals surface area contributed by atoms with E-state index in [2.05, 4.69) is 36.6 Å². The van der Waals surface area contributed by atoms with Crippen molar-refractivity contribution in [3.05, 3.63) is 35.9 Å². The zero-order chi connectivity index (χ0) is 15.2. The average Bonchev–Trinajstić information content (AvgIpc) is 2.44. The third-order valence-corrected chi connectivity index (χ3v) is 3.84. The highest BCUT2D eigenvalue weighted by Crippen LogP contribution is 2.13. The Balaban J connectivity index is 2.43. The molecule has 0 aromatic heterocycles. The first-order chi connectivity index (χ1) is 9.35. The smallest absolute Gasteiger partial charge is 0.237 e. The fourth-order valence-electron chi connectivity index (χ4n) is 1.88. The van der Waals surface area contributed by atoms with Gasteiger partial charge in [0.15, 0.2) is 0 Å². The Morgan fingerprint density at radius 2 is 1.80 bits per heavy atom. The predicted octanol–water partition coefficient (Wildman–Crippen LogP) is 3.07. The molecule has 0 aliphatic heterocycles. The molecule has 2 N–H and O–H groups in total. The first-order valence-corrected chi connectivity index (χ1v) is 7.46. The van der Waals surface area contributed by atoms with Crippen LogP contribution in [0.3, 0.4) is 0 Å². The number of carbonyl (C=O) groups is 1. The summed E-state index contributed by atoms with van der Waals surface area (Å²) in [4.78, 5) is 12.1. The number of hydrogen-bond acceptors (Lipinski definition) is 2. The van der Waals surface area contributed by atoms with E-state index >= 15 is 0 Å². The summed E-state index contributed by atoms with van der Waals surface area (Å²) in [6, 6.07) is 10.2. The highest BCUT2D eigenvalue weighted by atomic mass is 16.2. The second-order valence-electron chi connectivity index (χ2n) is 6.17. The lowest BCUT2D eigenvalue weighted by Crippen LogP contribution is -2.51. The van der Waals surface area contributed by atoms with Crippen LogP contribution < -0.4 is 10.6 Å². The minimum atomic E-state index is -0.174. The van der Waals surface area contributed by atoms with Crippen molar-refractivity contribution in [3.8, 4) is 0 Å². The second-order valence-corrected chi connectivity index (χ2v) is 6.17. The van der Waals surface area contributed by atoms with E-state index in [1.165, 1.54) is 5.56 Å². The van der Waals surface area contributed by atoms with Crippen LogP contribution in [0, 0.1) is 0 Å². The van der Waals surface area contributed by atoms with Gasteiger partial charge in [0, 0.05) is 12.1 Å². The van der Waals surface area contributed by atoms with Gasteiger partial charge in [0.05, 0.1) is 6.04 Å². The zero-order valence-corrected chi connectivity index (χ0v) is 13.4. The van der Waals surface area contributed by atoms with Crippen LogP contribution in [0.5, 0.6) is 0 Å². The summed E-state index contributed by atoms with van der Waals surface area (Å²) < 4.78 is 0. The Morgan fingerprint density at radius 3 is 2.35 bits per heavy atom. The molecule has 0 spiro atoms. The molecule has 20 heavy (non-hydrogen) atoms. The summed E-state index contributed by atoms with van der Waals surface area (Å²) in [5.41, 5.74) is 1.15. The van der Waals surface area contributed by atoms with Gasteiger partial charge in [-0.25, -0.2) is 0 Å². The summed E-state index contributed by atoms with van der Waals surface area (Å²) in [6.45, 7) is 11.1. The molecular weight excluding hydrogens is 248 g/mol. The van der Waals surface area contributed by atoms with Gasteiger partial charge in [-0.1, -0.05) is 44.2 Å². The third-order valence-electron chi connectivity index (χ3n) is 3.84. The maximum absolute atomic E-state index is 12.1. The van der Waals surface area contributed by atoms with E-state index in [0.717, 1.165) is 13.0 Å². The average molecular weight is 276 g/mol. The van der Waals surface area contributed by atoms with E-state index in [1.807, 2.05) is 39.0 Å². The van der Waals surface area contributed by atoms with Crippen molar-refractivity contribution < 1.29 is 4.79 Å². The van der Waals surface area contributed by atoms with Crippen molar-refractivity contribution in [2.45, 2.75) is 58.5 Å².